The summed E-state index contributed by atoms with van der Waals surface area (Å²) in [4.78, 5) is 13.0. The summed E-state index contributed by atoms with van der Waals surface area (Å²) in [5.74, 6) is -0.544. The predicted molar refractivity (Wildman–Crippen MR) is 69.9 cm³/mol. The summed E-state index contributed by atoms with van der Waals surface area (Å²) in [6.07, 6.45) is -4.38. The average Bonchev–Trinajstić information content (AvgIpc) is 2.32. The molecule has 0 unspecified atom stereocenters. The van der Waals surface area contributed by atoms with E-state index in [1.165, 1.54) is 13.2 Å². The smallest absolute Gasteiger partial charge is 0.416 e. The molecule has 0 spiro atoms. The van der Waals surface area contributed by atoms with Gasteiger partial charge in [0, 0.05) is 24.1 Å². The first kappa shape index (κ1) is 15.3. The van der Waals surface area contributed by atoms with Gasteiger partial charge in [-0.3, -0.25) is 9.69 Å². The summed E-state index contributed by atoms with van der Waals surface area (Å²) in [5, 5.41) is 0. The van der Waals surface area contributed by atoms with Crippen molar-refractivity contribution in [2.24, 2.45) is 5.92 Å². The number of rotatable bonds is 3. The third kappa shape index (κ3) is 3.32. The van der Waals surface area contributed by atoms with Crippen LogP contribution in [0, 0.1) is 5.92 Å². The van der Waals surface area contributed by atoms with Gasteiger partial charge in [0.15, 0.2) is 0 Å². The van der Waals surface area contributed by atoms with E-state index in [0.717, 1.165) is 6.07 Å². The molecule has 0 radical (unpaired) electrons. The van der Waals surface area contributed by atoms with Gasteiger partial charge in [0.1, 0.15) is 0 Å². The lowest BCUT2D eigenvalue weighted by atomic mass is 9.98. The number of ether oxygens (including phenoxy) is 1. The second-order valence-corrected chi connectivity index (χ2v) is 5.63. The second kappa shape index (κ2) is 5.73. The maximum absolute atomic E-state index is 12.9. The summed E-state index contributed by atoms with van der Waals surface area (Å²) in [6.45, 7) is 1.04. The number of nitrogens with zero attached hydrogens (tertiary/aromatic N) is 1. The van der Waals surface area contributed by atoms with Crippen molar-refractivity contribution in [1.29, 1.82) is 0 Å². The van der Waals surface area contributed by atoms with Crippen LogP contribution in [0.1, 0.15) is 11.1 Å². The Labute approximate surface area is 122 Å². The number of alkyl halides is 3. The molecule has 1 heterocycles. The molecule has 1 fully saturated rings. The van der Waals surface area contributed by atoms with E-state index in [0.29, 0.717) is 17.6 Å². The Morgan fingerprint density at radius 2 is 2.10 bits per heavy atom. The normalized spacial score (nSPS) is 16.9. The van der Waals surface area contributed by atoms with E-state index in [1.807, 2.05) is 0 Å². The molecule has 0 amide bonds. The third-order valence-electron chi connectivity index (χ3n) is 3.26. The molecule has 0 atom stereocenters. The van der Waals surface area contributed by atoms with E-state index in [2.05, 4.69) is 20.7 Å². The molecular formula is C13H13BrF3NO2. The minimum absolute atomic E-state index is 0.176. The zero-order valence-corrected chi connectivity index (χ0v) is 12.3. The fourth-order valence-corrected chi connectivity index (χ4v) is 2.57. The van der Waals surface area contributed by atoms with Gasteiger partial charge in [-0.25, -0.2) is 0 Å². The minimum atomic E-state index is -4.38. The molecule has 2 rings (SSSR count). The molecule has 0 aromatic heterocycles. The van der Waals surface area contributed by atoms with Gasteiger partial charge in [-0.2, -0.15) is 13.2 Å². The average molecular weight is 352 g/mol. The Bertz CT molecular complexity index is 513. The summed E-state index contributed by atoms with van der Waals surface area (Å²) < 4.78 is 43.8. The molecule has 3 nitrogen and oxygen atoms in total. The second-order valence-electron chi connectivity index (χ2n) is 4.71. The molecule has 7 heteroatoms. The highest BCUT2D eigenvalue weighted by molar-refractivity contribution is 9.10. The van der Waals surface area contributed by atoms with Crippen LogP contribution in [0.5, 0.6) is 0 Å². The van der Waals surface area contributed by atoms with E-state index in [-0.39, 0.29) is 24.0 Å². The summed E-state index contributed by atoms with van der Waals surface area (Å²) in [6, 6.07) is 4.12. The Morgan fingerprint density at radius 3 is 2.65 bits per heavy atom. The number of carbonyl (C=O) groups excluding carboxylic acids is 1. The molecule has 110 valence electrons. The molecular weight excluding hydrogens is 339 g/mol. The molecule has 0 bridgehead atoms. The lowest BCUT2D eigenvalue weighted by Gasteiger charge is -2.37. The van der Waals surface area contributed by atoms with Crippen LogP contribution in [0.2, 0.25) is 0 Å². The molecule has 20 heavy (non-hydrogen) atoms. The predicted octanol–water partition coefficient (Wildman–Crippen LogP) is 3.07. The number of benzene rings is 1. The number of halogens is 4. The Kier molecular flexibility index (Phi) is 4.39. The van der Waals surface area contributed by atoms with Crippen LogP contribution in [0.15, 0.2) is 22.7 Å². The molecule has 0 saturated carbocycles. The maximum atomic E-state index is 12.9. The van der Waals surface area contributed by atoms with Gasteiger partial charge in [0.25, 0.3) is 0 Å². The Hall–Kier alpha value is -1.08. The van der Waals surface area contributed by atoms with Gasteiger partial charge in [-0.05, 0) is 17.7 Å². The van der Waals surface area contributed by atoms with E-state index in [9.17, 15) is 18.0 Å². The van der Waals surface area contributed by atoms with Crippen molar-refractivity contribution in [3.05, 3.63) is 33.8 Å². The largest absolute Gasteiger partial charge is 0.469 e. The molecule has 0 aliphatic carbocycles. The van der Waals surface area contributed by atoms with Crippen molar-refractivity contribution >= 4 is 21.9 Å². The highest BCUT2D eigenvalue weighted by atomic mass is 79.9. The van der Waals surface area contributed by atoms with Crippen LogP contribution in [-0.2, 0) is 22.3 Å². The van der Waals surface area contributed by atoms with E-state index in [4.69, 9.17) is 0 Å². The van der Waals surface area contributed by atoms with Crippen LogP contribution < -0.4 is 0 Å². The number of hydrogen-bond donors (Lipinski definition) is 0. The standard InChI is InChI=1S/C13H13BrF3NO2/c1-20-12(19)9-6-18(7-9)5-8-2-3-10(14)4-11(8)13(15,16)17/h2-4,9H,5-7H2,1H3. The van der Waals surface area contributed by atoms with Crippen molar-refractivity contribution in [3.8, 4) is 0 Å². The highest BCUT2D eigenvalue weighted by Crippen LogP contribution is 2.35. The van der Waals surface area contributed by atoms with E-state index < -0.39 is 11.7 Å². The van der Waals surface area contributed by atoms with Crippen molar-refractivity contribution in [3.63, 3.8) is 0 Å². The molecule has 1 aromatic carbocycles. The first-order chi connectivity index (χ1) is 9.31. The van der Waals surface area contributed by atoms with Crippen molar-refractivity contribution in [2.75, 3.05) is 20.2 Å². The molecule has 1 aliphatic heterocycles. The Morgan fingerprint density at radius 1 is 1.45 bits per heavy atom. The van der Waals surface area contributed by atoms with Gasteiger partial charge in [0.05, 0.1) is 18.6 Å². The number of esters is 1. The molecule has 1 aliphatic rings. The summed E-state index contributed by atoms with van der Waals surface area (Å²) in [7, 11) is 1.31. The van der Waals surface area contributed by atoms with Crippen LogP contribution in [0.4, 0.5) is 13.2 Å². The number of carbonyl (C=O) groups is 1. The number of likely N-dealkylation sites (tertiary alicyclic amines) is 1. The van der Waals surface area contributed by atoms with Crippen LogP contribution in [-0.4, -0.2) is 31.1 Å². The van der Waals surface area contributed by atoms with Crippen LogP contribution in [0.25, 0.3) is 0 Å². The first-order valence-electron chi connectivity index (χ1n) is 5.97. The number of methoxy groups -OCH3 is 1. The number of hydrogen-bond acceptors (Lipinski definition) is 3. The van der Waals surface area contributed by atoms with Crippen LogP contribution in [0.3, 0.4) is 0 Å². The van der Waals surface area contributed by atoms with Crippen molar-refractivity contribution in [1.82, 2.24) is 4.90 Å². The lowest BCUT2D eigenvalue weighted by molar-refractivity contribution is -0.152. The zero-order valence-electron chi connectivity index (χ0n) is 10.7. The van der Waals surface area contributed by atoms with E-state index >= 15 is 0 Å². The maximum Gasteiger partial charge on any atom is 0.416 e. The lowest BCUT2D eigenvalue weighted by Crippen LogP contribution is -2.50. The Balaban J connectivity index is 2.06. The molecule has 1 aromatic rings. The minimum Gasteiger partial charge on any atom is -0.469 e. The fourth-order valence-electron chi connectivity index (χ4n) is 2.21. The van der Waals surface area contributed by atoms with Gasteiger partial charge in [-0.15, -0.1) is 0 Å². The van der Waals surface area contributed by atoms with Gasteiger partial charge in [-0.1, -0.05) is 22.0 Å². The fraction of sp³-hybridized carbons (Fsp3) is 0.462. The quantitative estimate of drug-likeness (QED) is 0.784. The van der Waals surface area contributed by atoms with Gasteiger partial charge >= 0.3 is 12.1 Å². The van der Waals surface area contributed by atoms with E-state index in [1.54, 1.807) is 11.0 Å². The topological polar surface area (TPSA) is 29.5 Å². The monoisotopic (exact) mass is 351 g/mol. The van der Waals surface area contributed by atoms with Crippen molar-refractivity contribution in [2.45, 2.75) is 12.7 Å². The molecule has 0 N–H and O–H groups in total. The SMILES string of the molecule is COC(=O)C1CN(Cc2ccc(Br)cc2C(F)(F)F)C1. The summed E-state index contributed by atoms with van der Waals surface area (Å²) >= 11 is 3.05. The molecule has 1 saturated heterocycles. The van der Waals surface area contributed by atoms with Crippen LogP contribution >= 0.6 is 15.9 Å². The first-order valence-corrected chi connectivity index (χ1v) is 6.76. The highest BCUT2D eigenvalue weighted by Gasteiger charge is 2.37. The summed E-state index contributed by atoms with van der Waals surface area (Å²) in [5.41, 5.74) is -0.433. The van der Waals surface area contributed by atoms with Gasteiger partial charge in [0.2, 0.25) is 0 Å². The third-order valence-corrected chi connectivity index (χ3v) is 3.76. The zero-order chi connectivity index (χ0) is 14.9. The van der Waals surface area contributed by atoms with Gasteiger partial charge < -0.3 is 4.74 Å². The van der Waals surface area contributed by atoms with Crippen molar-refractivity contribution < 1.29 is 22.7 Å².